The van der Waals surface area contributed by atoms with Gasteiger partial charge in [-0.05, 0) is 73.7 Å². The summed E-state index contributed by atoms with van der Waals surface area (Å²) in [5, 5.41) is 2.77. The molecule has 0 radical (unpaired) electrons. The molecule has 214 valence electrons. The number of rotatable bonds is 9. The predicted molar refractivity (Wildman–Crippen MR) is 157 cm³/mol. The largest absolute Gasteiger partial charge is 0.495 e. The lowest BCUT2D eigenvalue weighted by atomic mass is 10.1. The maximum atomic E-state index is 13.3. The van der Waals surface area contributed by atoms with Crippen LogP contribution in [-0.4, -0.2) is 53.5 Å². The number of carbonyl (C=O) groups excluding carboxylic acids is 1. The summed E-state index contributed by atoms with van der Waals surface area (Å²) >= 11 is 0. The topological polar surface area (TPSA) is 113 Å². The van der Waals surface area contributed by atoms with E-state index in [1.807, 2.05) is 32.0 Å². The van der Waals surface area contributed by atoms with Gasteiger partial charge in [0, 0.05) is 24.3 Å². The summed E-state index contributed by atoms with van der Waals surface area (Å²) in [7, 11) is -5.94. The van der Waals surface area contributed by atoms with Gasteiger partial charge >= 0.3 is 0 Å². The molecule has 0 unspecified atom stereocenters. The molecule has 40 heavy (non-hydrogen) atoms. The average Bonchev–Trinajstić information content (AvgIpc) is 2.92. The number of anilines is 2. The Kier molecular flexibility index (Phi) is 8.86. The molecule has 0 saturated carbocycles. The van der Waals surface area contributed by atoms with Crippen LogP contribution in [0.5, 0.6) is 5.75 Å². The minimum absolute atomic E-state index is 0.0115. The highest BCUT2D eigenvalue weighted by molar-refractivity contribution is 7.92. The Morgan fingerprint density at radius 1 is 0.925 bits per heavy atom. The first-order valence-corrected chi connectivity index (χ1v) is 16.3. The lowest BCUT2D eigenvalue weighted by Gasteiger charge is -2.26. The van der Waals surface area contributed by atoms with Crippen molar-refractivity contribution in [1.82, 2.24) is 4.31 Å². The van der Waals surface area contributed by atoms with Crippen LogP contribution in [0.25, 0.3) is 0 Å². The quantitative estimate of drug-likeness (QED) is 0.389. The van der Waals surface area contributed by atoms with Crippen LogP contribution in [0.4, 0.5) is 11.4 Å². The number of amides is 1. The highest BCUT2D eigenvalue weighted by Gasteiger charge is 2.29. The van der Waals surface area contributed by atoms with Crippen molar-refractivity contribution >= 4 is 37.3 Å². The van der Waals surface area contributed by atoms with E-state index in [0.717, 1.165) is 30.4 Å². The van der Waals surface area contributed by atoms with E-state index in [4.69, 9.17) is 4.74 Å². The minimum Gasteiger partial charge on any atom is -0.495 e. The Labute approximate surface area is 236 Å². The van der Waals surface area contributed by atoms with Gasteiger partial charge in [-0.2, -0.15) is 4.31 Å². The van der Waals surface area contributed by atoms with Gasteiger partial charge in [0.05, 0.1) is 25.6 Å². The number of hydrogen-bond acceptors (Lipinski definition) is 6. The number of piperidine rings is 1. The van der Waals surface area contributed by atoms with E-state index >= 15 is 0 Å². The van der Waals surface area contributed by atoms with Crippen molar-refractivity contribution in [2.45, 2.75) is 44.6 Å². The zero-order valence-electron chi connectivity index (χ0n) is 23.2. The maximum absolute atomic E-state index is 13.3. The summed E-state index contributed by atoms with van der Waals surface area (Å²) < 4.78 is 60.1. The molecule has 1 N–H and O–H groups in total. The van der Waals surface area contributed by atoms with Crippen LogP contribution in [0.1, 0.15) is 46.3 Å². The smallest absolute Gasteiger partial charge is 0.255 e. The normalized spacial score (nSPS) is 14.5. The Balaban J connectivity index is 1.54. The number of carbonyl (C=O) groups is 1. The van der Waals surface area contributed by atoms with E-state index in [9.17, 15) is 21.6 Å². The second-order valence-corrected chi connectivity index (χ2v) is 13.8. The van der Waals surface area contributed by atoms with Crippen molar-refractivity contribution < 1.29 is 26.4 Å². The maximum Gasteiger partial charge on any atom is 0.255 e. The molecule has 3 aromatic carbocycles. The Morgan fingerprint density at radius 3 is 2.12 bits per heavy atom. The fraction of sp³-hybridized carbons (Fsp3) is 0.345. The zero-order chi connectivity index (χ0) is 29.1. The number of sulfonamides is 2. The van der Waals surface area contributed by atoms with Crippen molar-refractivity contribution in [2.75, 3.05) is 36.1 Å². The lowest BCUT2D eigenvalue weighted by molar-refractivity contribution is 0.102. The van der Waals surface area contributed by atoms with Crippen LogP contribution in [0.15, 0.2) is 65.6 Å². The molecule has 1 fully saturated rings. The van der Waals surface area contributed by atoms with Gasteiger partial charge in [-0.15, -0.1) is 0 Å². The first-order valence-electron chi connectivity index (χ1n) is 13.0. The summed E-state index contributed by atoms with van der Waals surface area (Å²) in [5.41, 5.74) is 3.72. The van der Waals surface area contributed by atoms with Crippen LogP contribution < -0.4 is 14.4 Å². The molecule has 0 atom stereocenters. The van der Waals surface area contributed by atoms with Gasteiger partial charge in [-0.1, -0.05) is 36.8 Å². The van der Waals surface area contributed by atoms with Gasteiger partial charge in [0.1, 0.15) is 10.6 Å². The molecule has 1 saturated heterocycles. The van der Waals surface area contributed by atoms with Gasteiger partial charge in [0.25, 0.3) is 5.91 Å². The van der Waals surface area contributed by atoms with E-state index in [2.05, 4.69) is 5.32 Å². The van der Waals surface area contributed by atoms with E-state index in [-0.39, 0.29) is 17.2 Å². The molecule has 0 bridgehead atoms. The first kappa shape index (κ1) is 29.6. The fourth-order valence-corrected chi connectivity index (χ4v) is 7.59. The van der Waals surface area contributed by atoms with Crippen LogP contribution in [0.3, 0.4) is 0 Å². The summed E-state index contributed by atoms with van der Waals surface area (Å²) in [5.74, 6) is -0.208. The van der Waals surface area contributed by atoms with Crippen molar-refractivity contribution in [3.63, 3.8) is 0 Å². The lowest BCUT2D eigenvalue weighted by Crippen LogP contribution is -2.35. The number of nitrogens with zero attached hydrogens (tertiary/aromatic N) is 2. The molecule has 0 aromatic heterocycles. The molecule has 1 amide bonds. The van der Waals surface area contributed by atoms with E-state index < -0.39 is 26.0 Å². The van der Waals surface area contributed by atoms with Gasteiger partial charge in [-0.3, -0.25) is 9.10 Å². The fourth-order valence-electron chi connectivity index (χ4n) is 4.89. The molecular weight excluding hydrogens is 550 g/mol. The molecule has 11 heteroatoms. The Hall–Kier alpha value is -3.41. The highest BCUT2D eigenvalue weighted by atomic mass is 32.2. The molecule has 0 spiro atoms. The van der Waals surface area contributed by atoms with E-state index in [0.29, 0.717) is 35.6 Å². The van der Waals surface area contributed by atoms with Crippen molar-refractivity contribution in [3.8, 4) is 5.75 Å². The molecule has 1 aliphatic heterocycles. The highest BCUT2D eigenvalue weighted by Crippen LogP contribution is 2.32. The van der Waals surface area contributed by atoms with Crippen molar-refractivity contribution in [1.29, 1.82) is 0 Å². The van der Waals surface area contributed by atoms with E-state index in [1.165, 1.54) is 34.1 Å². The van der Waals surface area contributed by atoms with Crippen molar-refractivity contribution in [3.05, 3.63) is 82.9 Å². The van der Waals surface area contributed by atoms with E-state index in [1.54, 1.807) is 30.3 Å². The minimum atomic E-state index is -3.78. The average molecular weight is 586 g/mol. The predicted octanol–water partition coefficient (Wildman–Crippen LogP) is 4.71. The molecule has 1 heterocycles. The number of benzene rings is 3. The van der Waals surface area contributed by atoms with Crippen LogP contribution in [0.2, 0.25) is 0 Å². The summed E-state index contributed by atoms with van der Waals surface area (Å²) in [4.78, 5) is 13.0. The van der Waals surface area contributed by atoms with Gasteiger partial charge < -0.3 is 10.1 Å². The third-order valence-corrected chi connectivity index (χ3v) is 10.0. The van der Waals surface area contributed by atoms with Crippen LogP contribution >= 0.6 is 0 Å². The Morgan fingerprint density at radius 2 is 1.55 bits per heavy atom. The number of aryl methyl sites for hydroxylation is 2. The summed E-state index contributed by atoms with van der Waals surface area (Å²) in [6.07, 6.45) is 3.78. The van der Waals surface area contributed by atoms with Gasteiger partial charge in [-0.25, -0.2) is 16.8 Å². The molecule has 1 aliphatic rings. The number of methoxy groups -OCH3 is 1. The molecular formula is C29H35N3O6S2. The van der Waals surface area contributed by atoms with Crippen molar-refractivity contribution in [2.24, 2.45) is 0 Å². The van der Waals surface area contributed by atoms with Crippen LogP contribution in [-0.2, 0) is 26.6 Å². The van der Waals surface area contributed by atoms with Crippen LogP contribution in [0, 0.1) is 13.8 Å². The molecule has 4 rings (SSSR count). The number of ether oxygens (including phenoxy) is 1. The zero-order valence-corrected chi connectivity index (χ0v) is 24.8. The second-order valence-electron chi connectivity index (χ2n) is 9.99. The third kappa shape index (κ3) is 6.48. The summed E-state index contributed by atoms with van der Waals surface area (Å²) in [6, 6.07) is 16.8. The monoisotopic (exact) mass is 585 g/mol. The molecule has 9 nitrogen and oxygen atoms in total. The molecule has 0 aliphatic carbocycles. The standard InChI is InChI=1S/C29H35N3O6S2/c1-21-9-8-10-22(2)28(21)32(39(4,34)35)20-23-11-13-24(14-12-23)29(33)30-25-15-16-26(38-3)27(19-25)40(36,37)31-17-6-5-7-18-31/h8-16,19H,5-7,17-18,20H2,1-4H3,(H,30,33). The second kappa shape index (κ2) is 12.0. The third-order valence-electron chi connectivity index (χ3n) is 6.99. The molecule has 3 aromatic rings. The Bertz CT molecular complexity index is 1580. The number of hydrogen-bond donors (Lipinski definition) is 1. The number of nitrogens with one attached hydrogen (secondary N) is 1. The first-order chi connectivity index (χ1) is 18.9. The van der Waals surface area contributed by atoms with Gasteiger partial charge in [0.2, 0.25) is 20.0 Å². The SMILES string of the molecule is COc1ccc(NC(=O)c2ccc(CN(c3c(C)cccc3C)S(C)(=O)=O)cc2)cc1S(=O)(=O)N1CCCCC1. The number of para-hydroxylation sites is 1. The van der Waals surface area contributed by atoms with Gasteiger partial charge in [0.15, 0.2) is 0 Å². The summed E-state index contributed by atoms with van der Waals surface area (Å²) in [6.45, 7) is 4.76.